The molecule has 1 heterocycles. The number of rotatable bonds is 7. The van der Waals surface area contributed by atoms with E-state index in [9.17, 15) is 18.0 Å². The quantitative estimate of drug-likeness (QED) is 0.691. The van der Waals surface area contributed by atoms with Crippen LogP contribution in [0.15, 0.2) is 29.2 Å². The average molecular weight is 422 g/mol. The molecule has 0 atom stereocenters. The number of aryl methyl sites for hydroxylation is 2. The molecule has 3 rings (SSSR count). The van der Waals surface area contributed by atoms with Gasteiger partial charge in [0.25, 0.3) is 0 Å². The first-order valence-corrected chi connectivity index (χ1v) is 11.6. The van der Waals surface area contributed by atoms with E-state index in [1.54, 1.807) is 24.3 Å². The minimum atomic E-state index is -3.42. The number of methoxy groups -OCH3 is 1. The van der Waals surface area contributed by atoms with Crippen molar-refractivity contribution in [2.45, 2.75) is 43.9 Å². The van der Waals surface area contributed by atoms with Crippen LogP contribution < -0.4 is 5.32 Å². The molecule has 150 valence electrons. The van der Waals surface area contributed by atoms with Crippen LogP contribution >= 0.6 is 11.3 Å². The SMILES string of the molecule is COC(=O)c1c(NC(=O)CCCS(=O)(=O)c2ccc(C)cc2)sc2c1CCC2. The zero-order valence-electron chi connectivity index (χ0n) is 15.9. The highest BCUT2D eigenvalue weighted by Gasteiger charge is 2.28. The number of hydrogen-bond donors (Lipinski definition) is 1. The van der Waals surface area contributed by atoms with Gasteiger partial charge in [-0.25, -0.2) is 13.2 Å². The van der Waals surface area contributed by atoms with E-state index in [0.717, 1.165) is 35.3 Å². The second kappa shape index (κ2) is 8.45. The van der Waals surface area contributed by atoms with Crippen LogP contribution in [-0.4, -0.2) is 33.2 Å². The van der Waals surface area contributed by atoms with E-state index < -0.39 is 15.8 Å². The zero-order valence-corrected chi connectivity index (χ0v) is 17.5. The number of ether oxygens (including phenoxy) is 1. The monoisotopic (exact) mass is 421 g/mol. The second-order valence-corrected chi connectivity index (χ2v) is 10.1. The molecule has 0 radical (unpaired) electrons. The van der Waals surface area contributed by atoms with E-state index >= 15 is 0 Å². The predicted molar refractivity (Wildman–Crippen MR) is 109 cm³/mol. The Bertz CT molecular complexity index is 990. The first-order valence-electron chi connectivity index (χ1n) is 9.14. The summed E-state index contributed by atoms with van der Waals surface area (Å²) in [6.45, 7) is 1.89. The van der Waals surface area contributed by atoms with Gasteiger partial charge < -0.3 is 10.1 Å². The summed E-state index contributed by atoms with van der Waals surface area (Å²) in [6, 6.07) is 6.68. The highest BCUT2D eigenvalue weighted by Crippen LogP contribution is 2.39. The molecule has 0 bridgehead atoms. The number of anilines is 1. The van der Waals surface area contributed by atoms with Crippen LogP contribution in [0.1, 0.15) is 45.6 Å². The zero-order chi connectivity index (χ0) is 20.3. The molecule has 6 nitrogen and oxygen atoms in total. The van der Waals surface area contributed by atoms with Gasteiger partial charge in [0.05, 0.1) is 23.3 Å². The lowest BCUT2D eigenvalue weighted by Crippen LogP contribution is -2.16. The van der Waals surface area contributed by atoms with Gasteiger partial charge in [-0.3, -0.25) is 4.79 Å². The van der Waals surface area contributed by atoms with Crippen LogP contribution in [-0.2, 0) is 32.2 Å². The van der Waals surface area contributed by atoms with Crippen molar-refractivity contribution in [3.05, 3.63) is 45.8 Å². The lowest BCUT2D eigenvalue weighted by Gasteiger charge is -2.08. The molecule has 1 aliphatic carbocycles. The molecular weight excluding hydrogens is 398 g/mol. The molecule has 2 aromatic rings. The van der Waals surface area contributed by atoms with Gasteiger partial charge in [-0.1, -0.05) is 17.7 Å². The maximum atomic E-state index is 12.4. The fourth-order valence-corrected chi connectivity index (χ4v) is 5.89. The van der Waals surface area contributed by atoms with Crippen LogP contribution in [0.3, 0.4) is 0 Å². The van der Waals surface area contributed by atoms with Gasteiger partial charge in [-0.2, -0.15) is 0 Å². The van der Waals surface area contributed by atoms with E-state index in [0.29, 0.717) is 10.6 Å². The van der Waals surface area contributed by atoms with Crippen molar-refractivity contribution in [2.75, 3.05) is 18.2 Å². The molecule has 0 saturated carbocycles. The number of carbonyl (C=O) groups is 2. The number of sulfone groups is 1. The number of nitrogens with one attached hydrogen (secondary N) is 1. The van der Waals surface area contributed by atoms with Crippen molar-refractivity contribution in [2.24, 2.45) is 0 Å². The Hall–Kier alpha value is -2.19. The Morgan fingerprint density at radius 2 is 1.89 bits per heavy atom. The first kappa shape index (κ1) is 20.5. The van der Waals surface area contributed by atoms with Crippen molar-refractivity contribution < 1.29 is 22.7 Å². The van der Waals surface area contributed by atoms with Crippen LogP contribution in [0, 0.1) is 6.92 Å². The minimum absolute atomic E-state index is 0.0638. The molecular formula is C20H23NO5S2. The summed E-state index contributed by atoms with van der Waals surface area (Å²) in [5.41, 5.74) is 2.40. The molecule has 1 aliphatic rings. The topological polar surface area (TPSA) is 89.5 Å². The Morgan fingerprint density at radius 1 is 1.18 bits per heavy atom. The van der Waals surface area contributed by atoms with E-state index in [-0.39, 0.29) is 29.4 Å². The standard InChI is InChI=1S/C20H23NO5S2/c1-13-8-10-14(11-9-13)28(24,25)12-4-7-17(22)21-19-18(20(23)26-2)15-5-3-6-16(15)27-19/h8-11H,3-7,12H2,1-2H3,(H,21,22). The lowest BCUT2D eigenvalue weighted by molar-refractivity contribution is -0.116. The van der Waals surface area contributed by atoms with Crippen molar-refractivity contribution in [3.8, 4) is 0 Å². The summed E-state index contributed by atoms with van der Waals surface area (Å²) in [6.07, 6.45) is 2.97. The van der Waals surface area contributed by atoms with Gasteiger partial charge in [0, 0.05) is 11.3 Å². The number of hydrogen-bond acceptors (Lipinski definition) is 6. The van der Waals surface area contributed by atoms with Gasteiger partial charge in [0.15, 0.2) is 9.84 Å². The summed E-state index contributed by atoms with van der Waals surface area (Å²) < 4.78 is 29.6. The van der Waals surface area contributed by atoms with Crippen LogP contribution in [0.25, 0.3) is 0 Å². The summed E-state index contributed by atoms with van der Waals surface area (Å²) in [4.78, 5) is 25.8. The van der Waals surface area contributed by atoms with E-state index in [1.807, 2.05) is 6.92 Å². The Balaban J connectivity index is 1.61. The number of amides is 1. The van der Waals surface area contributed by atoms with E-state index in [2.05, 4.69) is 5.32 Å². The maximum absolute atomic E-state index is 12.4. The van der Waals surface area contributed by atoms with Gasteiger partial charge >= 0.3 is 5.97 Å². The van der Waals surface area contributed by atoms with Gasteiger partial charge in [-0.05, 0) is 50.3 Å². The molecule has 0 aliphatic heterocycles. The number of carbonyl (C=O) groups excluding carboxylic acids is 2. The van der Waals surface area contributed by atoms with Crippen LogP contribution in [0.4, 0.5) is 5.00 Å². The molecule has 1 aromatic heterocycles. The number of thiophene rings is 1. The summed E-state index contributed by atoms with van der Waals surface area (Å²) >= 11 is 1.41. The molecule has 8 heteroatoms. The van der Waals surface area contributed by atoms with Crippen LogP contribution in [0.2, 0.25) is 0 Å². The fraction of sp³-hybridized carbons (Fsp3) is 0.400. The third kappa shape index (κ3) is 4.44. The lowest BCUT2D eigenvalue weighted by atomic mass is 10.1. The molecule has 0 fully saturated rings. The predicted octanol–water partition coefficient (Wildman–Crippen LogP) is 3.52. The summed E-state index contributed by atoms with van der Waals surface area (Å²) in [5, 5.41) is 3.28. The number of esters is 1. The highest BCUT2D eigenvalue weighted by atomic mass is 32.2. The Kier molecular flexibility index (Phi) is 6.20. The molecule has 1 N–H and O–H groups in total. The molecule has 0 unspecified atom stereocenters. The van der Waals surface area contributed by atoms with E-state index in [4.69, 9.17) is 4.74 Å². The van der Waals surface area contributed by atoms with E-state index in [1.165, 1.54) is 18.4 Å². The second-order valence-electron chi connectivity index (χ2n) is 6.84. The minimum Gasteiger partial charge on any atom is -0.465 e. The summed E-state index contributed by atoms with van der Waals surface area (Å²) in [7, 11) is -2.10. The largest absolute Gasteiger partial charge is 0.465 e. The van der Waals surface area contributed by atoms with Crippen molar-refractivity contribution >= 4 is 38.1 Å². The summed E-state index contributed by atoms with van der Waals surface area (Å²) in [5.74, 6) is -0.852. The molecule has 1 amide bonds. The molecule has 1 aromatic carbocycles. The normalized spacial score (nSPS) is 13.2. The number of fused-ring (bicyclic) bond motifs is 1. The fourth-order valence-electron chi connectivity index (χ4n) is 3.29. The van der Waals surface area contributed by atoms with Gasteiger partial charge in [-0.15, -0.1) is 11.3 Å². The number of benzene rings is 1. The van der Waals surface area contributed by atoms with Crippen molar-refractivity contribution in [1.82, 2.24) is 0 Å². The third-order valence-corrected chi connectivity index (χ3v) is 7.78. The van der Waals surface area contributed by atoms with Gasteiger partial charge in [0.2, 0.25) is 5.91 Å². The van der Waals surface area contributed by atoms with Crippen molar-refractivity contribution in [3.63, 3.8) is 0 Å². The Morgan fingerprint density at radius 3 is 2.57 bits per heavy atom. The average Bonchev–Trinajstić information content (AvgIpc) is 3.22. The van der Waals surface area contributed by atoms with Crippen LogP contribution in [0.5, 0.6) is 0 Å². The molecule has 0 saturated heterocycles. The first-order chi connectivity index (χ1) is 13.3. The molecule has 28 heavy (non-hydrogen) atoms. The Labute approximate surface area is 168 Å². The highest BCUT2D eigenvalue weighted by molar-refractivity contribution is 7.91. The van der Waals surface area contributed by atoms with Gasteiger partial charge in [0.1, 0.15) is 5.00 Å². The molecule has 0 spiro atoms. The van der Waals surface area contributed by atoms with Crippen molar-refractivity contribution in [1.29, 1.82) is 0 Å². The smallest absolute Gasteiger partial charge is 0.341 e. The maximum Gasteiger partial charge on any atom is 0.341 e. The third-order valence-electron chi connectivity index (χ3n) is 4.76.